The molecule has 0 bridgehead atoms. The summed E-state index contributed by atoms with van der Waals surface area (Å²) in [4.78, 5) is 2.29. The van der Waals surface area contributed by atoms with Crippen molar-refractivity contribution in [3.05, 3.63) is 0 Å². The summed E-state index contributed by atoms with van der Waals surface area (Å²) in [7, 11) is 0. The van der Waals surface area contributed by atoms with Gasteiger partial charge in [-0.25, -0.2) is 0 Å². The molecule has 0 radical (unpaired) electrons. The maximum Gasteiger partial charge on any atom is 0.0585 e. The minimum atomic E-state index is -0.160. The monoisotopic (exact) mass is 243 g/mol. The van der Waals surface area contributed by atoms with Crippen molar-refractivity contribution in [2.45, 2.75) is 46.1 Å². The lowest BCUT2D eigenvalue weighted by atomic mass is 9.73. The van der Waals surface area contributed by atoms with Gasteiger partial charge in [0.15, 0.2) is 0 Å². The second kappa shape index (κ2) is 7.34. The Hall–Kier alpha value is -0.120. The van der Waals surface area contributed by atoms with Gasteiger partial charge in [0.05, 0.1) is 12.7 Å². The maximum absolute atomic E-state index is 10.2. The highest BCUT2D eigenvalue weighted by molar-refractivity contribution is 4.84. The van der Waals surface area contributed by atoms with E-state index in [-0.39, 0.29) is 12.7 Å². The van der Waals surface area contributed by atoms with Gasteiger partial charge in [-0.1, -0.05) is 20.8 Å². The number of aliphatic hydroxyl groups excluding tert-OH is 2. The minimum absolute atomic E-state index is 0.160. The van der Waals surface area contributed by atoms with Gasteiger partial charge in [0, 0.05) is 19.0 Å². The van der Waals surface area contributed by atoms with Gasteiger partial charge in [-0.3, -0.25) is 0 Å². The van der Waals surface area contributed by atoms with Crippen LogP contribution in [-0.4, -0.2) is 47.5 Å². The Morgan fingerprint density at radius 2 is 1.88 bits per heavy atom. The van der Waals surface area contributed by atoms with Gasteiger partial charge >= 0.3 is 0 Å². The Morgan fingerprint density at radius 3 is 2.41 bits per heavy atom. The van der Waals surface area contributed by atoms with Crippen LogP contribution in [0, 0.1) is 17.8 Å². The van der Waals surface area contributed by atoms with Gasteiger partial charge in [-0.15, -0.1) is 0 Å². The van der Waals surface area contributed by atoms with Crippen LogP contribution in [-0.2, 0) is 0 Å². The second-order valence-electron chi connectivity index (χ2n) is 5.81. The molecule has 0 aromatic carbocycles. The molecular formula is C14H29NO2. The summed E-state index contributed by atoms with van der Waals surface area (Å²) in [6.07, 6.45) is 3.11. The zero-order chi connectivity index (χ0) is 12.8. The van der Waals surface area contributed by atoms with Crippen LogP contribution in [0.15, 0.2) is 0 Å². The molecule has 0 saturated heterocycles. The summed E-state index contributed by atoms with van der Waals surface area (Å²) in [6, 6.07) is 0. The van der Waals surface area contributed by atoms with Crippen molar-refractivity contribution in [3.63, 3.8) is 0 Å². The van der Waals surface area contributed by atoms with E-state index >= 15 is 0 Å². The Bertz CT molecular complexity index is 192. The van der Waals surface area contributed by atoms with Crippen molar-refractivity contribution < 1.29 is 10.2 Å². The van der Waals surface area contributed by atoms with E-state index in [1.807, 2.05) is 0 Å². The van der Waals surface area contributed by atoms with Crippen LogP contribution in [0.5, 0.6) is 0 Å². The van der Waals surface area contributed by atoms with Gasteiger partial charge < -0.3 is 15.1 Å². The highest BCUT2D eigenvalue weighted by Crippen LogP contribution is 2.34. The molecule has 0 spiro atoms. The third-order valence-corrected chi connectivity index (χ3v) is 4.07. The van der Waals surface area contributed by atoms with Crippen molar-refractivity contribution in [2.24, 2.45) is 17.8 Å². The average Bonchev–Trinajstić information content (AvgIpc) is 2.23. The smallest absolute Gasteiger partial charge is 0.0585 e. The first-order valence-electron chi connectivity index (χ1n) is 7.09. The standard InChI is InChI=1S/C14H29NO2/c1-4-5-15(6-7-16)10-13-12(3)8-11(2)9-14(13)17/h11-14,16-17H,4-10H2,1-3H3. The minimum Gasteiger partial charge on any atom is -0.395 e. The molecule has 102 valence electrons. The lowest BCUT2D eigenvalue weighted by Crippen LogP contribution is -2.43. The van der Waals surface area contributed by atoms with Gasteiger partial charge in [-0.2, -0.15) is 0 Å². The van der Waals surface area contributed by atoms with Gasteiger partial charge in [0.25, 0.3) is 0 Å². The number of hydrogen-bond donors (Lipinski definition) is 2. The average molecular weight is 243 g/mol. The lowest BCUT2D eigenvalue weighted by Gasteiger charge is -2.39. The molecule has 0 heterocycles. The van der Waals surface area contributed by atoms with Crippen molar-refractivity contribution in [1.29, 1.82) is 0 Å². The Balaban J connectivity index is 2.51. The fourth-order valence-corrected chi connectivity index (χ4v) is 3.22. The summed E-state index contributed by atoms with van der Waals surface area (Å²) in [6.45, 7) is 9.55. The van der Waals surface area contributed by atoms with Crippen LogP contribution < -0.4 is 0 Å². The molecule has 1 aliphatic carbocycles. The summed E-state index contributed by atoms with van der Waals surface area (Å²) in [5.41, 5.74) is 0. The Labute approximate surface area is 106 Å². The van der Waals surface area contributed by atoms with E-state index in [1.54, 1.807) is 0 Å². The van der Waals surface area contributed by atoms with E-state index in [2.05, 4.69) is 25.7 Å². The third kappa shape index (κ3) is 4.57. The van der Waals surface area contributed by atoms with Crippen LogP contribution in [0.4, 0.5) is 0 Å². The van der Waals surface area contributed by atoms with Gasteiger partial charge in [-0.05, 0) is 37.6 Å². The van der Waals surface area contributed by atoms with E-state index in [0.29, 0.717) is 17.8 Å². The fraction of sp³-hybridized carbons (Fsp3) is 1.00. The molecule has 1 rings (SSSR count). The molecular weight excluding hydrogens is 214 g/mol. The molecule has 0 aliphatic heterocycles. The molecule has 4 atom stereocenters. The predicted molar refractivity (Wildman–Crippen MR) is 70.9 cm³/mol. The van der Waals surface area contributed by atoms with Crippen molar-refractivity contribution in [2.75, 3.05) is 26.2 Å². The van der Waals surface area contributed by atoms with Gasteiger partial charge in [0.1, 0.15) is 0 Å². The van der Waals surface area contributed by atoms with Crippen LogP contribution in [0.3, 0.4) is 0 Å². The molecule has 0 aromatic heterocycles. The summed E-state index contributed by atoms with van der Waals surface area (Å²) < 4.78 is 0. The largest absolute Gasteiger partial charge is 0.395 e. The quantitative estimate of drug-likeness (QED) is 0.747. The van der Waals surface area contributed by atoms with E-state index in [4.69, 9.17) is 5.11 Å². The topological polar surface area (TPSA) is 43.7 Å². The third-order valence-electron chi connectivity index (χ3n) is 4.07. The van der Waals surface area contributed by atoms with Crippen LogP contribution in [0.2, 0.25) is 0 Å². The fourth-order valence-electron chi connectivity index (χ4n) is 3.22. The number of nitrogens with zero attached hydrogens (tertiary/aromatic N) is 1. The molecule has 2 N–H and O–H groups in total. The number of hydrogen-bond acceptors (Lipinski definition) is 3. The van der Waals surface area contributed by atoms with E-state index in [1.165, 1.54) is 6.42 Å². The summed E-state index contributed by atoms with van der Waals surface area (Å²) >= 11 is 0. The molecule has 1 aliphatic rings. The SMILES string of the molecule is CCCN(CCO)CC1C(C)CC(C)CC1O. The van der Waals surface area contributed by atoms with E-state index in [0.717, 1.165) is 32.5 Å². The van der Waals surface area contributed by atoms with Crippen molar-refractivity contribution in [3.8, 4) is 0 Å². The molecule has 1 fully saturated rings. The molecule has 1 saturated carbocycles. The van der Waals surface area contributed by atoms with Crippen LogP contribution in [0.25, 0.3) is 0 Å². The highest BCUT2D eigenvalue weighted by Gasteiger charge is 2.33. The molecule has 0 amide bonds. The molecule has 4 unspecified atom stereocenters. The van der Waals surface area contributed by atoms with E-state index < -0.39 is 0 Å². The second-order valence-corrected chi connectivity index (χ2v) is 5.81. The summed E-state index contributed by atoms with van der Waals surface area (Å²) in [5, 5.41) is 19.3. The van der Waals surface area contributed by atoms with Crippen LogP contribution in [0.1, 0.15) is 40.0 Å². The Morgan fingerprint density at radius 1 is 1.18 bits per heavy atom. The first-order valence-corrected chi connectivity index (χ1v) is 7.09. The zero-order valence-electron chi connectivity index (χ0n) is 11.6. The first kappa shape index (κ1) is 14.9. The van der Waals surface area contributed by atoms with Crippen molar-refractivity contribution in [1.82, 2.24) is 4.90 Å². The molecule has 3 nitrogen and oxygen atoms in total. The zero-order valence-corrected chi connectivity index (χ0v) is 11.6. The molecule has 0 aromatic rings. The number of aliphatic hydroxyl groups is 2. The van der Waals surface area contributed by atoms with Crippen molar-refractivity contribution >= 4 is 0 Å². The van der Waals surface area contributed by atoms with Crippen LogP contribution >= 0.6 is 0 Å². The number of rotatable bonds is 6. The molecule has 17 heavy (non-hydrogen) atoms. The highest BCUT2D eigenvalue weighted by atomic mass is 16.3. The molecule has 3 heteroatoms. The Kier molecular flexibility index (Phi) is 6.45. The summed E-state index contributed by atoms with van der Waals surface area (Å²) in [5.74, 6) is 1.62. The predicted octanol–water partition coefficient (Wildman–Crippen LogP) is 1.73. The van der Waals surface area contributed by atoms with Gasteiger partial charge in [0.2, 0.25) is 0 Å². The first-order chi connectivity index (χ1) is 8.08. The van der Waals surface area contributed by atoms with E-state index in [9.17, 15) is 5.11 Å². The normalized spacial score (nSPS) is 34.2. The maximum atomic E-state index is 10.2. The lowest BCUT2D eigenvalue weighted by molar-refractivity contribution is -0.00409.